The minimum Gasteiger partial charge on any atom is -0.494 e. The number of rotatable bonds is 13. The minimum atomic E-state index is -0.234. The van der Waals surface area contributed by atoms with Gasteiger partial charge in [-0.15, -0.1) is 0 Å². The van der Waals surface area contributed by atoms with Crippen LogP contribution in [0.2, 0.25) is 0 Å². The van der Waals surface area contributed by atoms with Crippen LogP contribution in [0.1, 0.15) is 74.2 Å². The predicted molar refractivity (Wildman–Crippen MR) is 116 cm³/mol. The SMILES string of the molecule is CCCCCCCCCCOc1ccc(C(=O)NN=Cc2ccccc2)cc1. The van der Waals surface area contributed by atoms with Crippen LogP contribution in [-0.4, -0.2) is 18.7 Å². The molecule has 0 aromatic heterocycles. The van der Waals surface area contributed by atoms with E-state index >= 15 is 0 Å². The molecule has 1 amide bonds. The van der Waals surface area contributed by atoms with E-state index in [4.69, 9.17) is 4.74 Å². The van der Waals surface area contributed by atoms with Gasteiger partial charge in [-0.2, -0.15) is 5.10 Å². The Morgan fingerprint density at radius 2 is 1.54 bits per heavy atom. The number of hydrogen-bond acceptors (Lipinski definition) is 3. The first-order chi connectivity index (χ1) is 13.8. The number of hydrazone groups is 1. The molecule has 4 heteroatoms. The Hall–Kier alpha value is -2.62. The van der Waals surface area contributed by atoms with E-state index in [-0.39, 0.29) is 5.91 Å². The molecule has 28 heavy (non-hydrogen) atoms. The summed E-state index contributed by atoms with van der Waals surface area (Å²) in [6.45, 7) is 2.97. The number of nitrogens with zero attached hydrogens (tertiary/aromatic N) is 1. The lowest BCUT2D eigenvalue weighted by Crippen LogP contribution is -2.17. The van der Waals surface area contributed by atoms with Gasteiger partial charge in [0.05, 0.1) is 12.8 Å². The summed E-state index contributed by atoms with van der Waals surface area (Å²) in [5.41, 5.74) is 4.04. The molecular weight excluding hydrogens is 348 g/mol. The first-order valence-electron chi connectivity index (χ1n) is 10.4. The highest BCUT2D eigenvalue weighted by molar-refractivity contribution is 5.94. The van der Waals surface area contributed by atoms with Crippen molar-refractivity contribution in [1.29, 1.82) is 0 Å². The molecule has 0 bridgehead atoms. The molecule has 0 heterocycles. The summed E-state index contributed by atoms with van der Waals surface area (Å²) in [7, 11) is 0. The van der Waals surface area contributed by atoms with Gasteiger partial charge in [-0.3, -0.25) is 4.79 Å². The number of amides is 1. The van der Waals surface area contributed by atoms with E-state index < -0.39 is 0 Å². The maximum Gasteiger partial charge on any atom is 0.271 e. The number of ether oxygens (including phenoxy) is 1. The fourth-order valence-corrected chi connectivity index (χ4v) is 2.90. The Morgan fingerprint density at radius 3 is 2.21 bits per heavy atom. The summed E-state index contributed by atoms with van der Waals surface area (Å²) in [4.78, 5) is 12.1. The van der Waals surface area contributed by atoms with Crippen LogP contribution in [0.4, 0.5) is 0 Å². The molecule has 4 nitrogen and oxygen atoms in total. The number of unbranched alkanes of at least 4 members (excludes halogenated alkanes) is 7. The number of benzene rings is 2. The van der Waals surface area contributed by atoms with Crippen LogP contribution in [-0.2, 0) is 0 Å². The van der Waals surface area contributed by atoms with Crippen molar-refractivity contribution in [2.75, 3.05) is 6.61 Å². The molecule has 0 aliphatic rings. The second kappa shape index (κ2) is 13.5. The summed E-state index contributed by atoms with van der Waals surface area (Å²) in [5, 5.41) is 3.99. The van der Waals surface area contributed by atoms with Crippen LogP contribution in [0.5, 0.6) is 5.75 Å². The van der Waals surface area contributed by atoms with Gasteiger partial charge in [-0.1, -0.05) is 82.2 Å². The van der Waals surface area contributed by atoms with Crippen molar-refractivity contribution >= 4 is 12.1 Å². The minimum absolute atomic E-state index is 0.234. The zero-order valence-electron chi connectivity index (χ0n) is 16.9. The highest BCUT2D eigenvalue weighted by atomic mass is 16.5. The van der Waals surface area contributed by atoms with Crippen LogP contribution in [0.15, 0.2) is 59.7 Å². The topological polar surface area (TPSA) is 50.7 Å². The number of nitrogens with one attached hydrogen (secondary N) is 1. The van der Waals surface area contributed by atoms with Crippen molar-refractivity contribution in [1.82, 2.24) is 5.43 Å². The first-order valence-corrected chi connectivity index (χ1v) is 10.4. The van der Waals surface area contributed by atoms with E-state index in [1.165, 1.54) is 44.9 Å². The first kappa shape index (κ1) is 21.7. The van der Waals surface area contributed by atoms with Crippen LogP contribution >= 0.6 is 0 Å². The summed E-state index contributed by atoms with van der Waals surface area (Å²) < 4.78 is 5.76. The van der Waals surface area contributed by atoms with E-state index in [0.717, 1.165) is 24.3 Å². The zero-order chi connectivity index (χ0) is 19.9. The molecule has 1 N–H and O–H groups in total. The smallest absolute Gasteiger partial charge is 0.271 e. The van der Waals surface area contributed by atoms with Crippen LogP contribution in [0, 0.1) is 0 Å². The van der Waals surface area contributed by atoms with Crippen molar-refractivity contribution in [2.24, 2.45) is 5.10 Å². The molecule has 0 unspecified atom stereocenters. The van der Waals surface area contributed by atoms with Crippen LogP contribution < -0.4 is 10.2 Å². The van der Waals surface area contributed by atoms with Gasteiger partial charge in [0, 0.05) is 5.56 Å². The van der Waals surface area contributed by atoms with Crippen molar-refractivity contribution < 1.29 is 9.53 Å². The second-order valence-corrected chi connectivity index (χ2v) is 6.96. The molecule has 0 spiro atoms. The van der Waals surface area contributed by atoms with Gasteiger partial charge in [-0.25, -0.2) is 5.43 Å². The fourth-order valence-electron chi connectivity index (χ4n) is 2.90. The third-order valence-electron chi connectivity index (χ3n) is 4.56. The van der Waals surface area contributed by atoms with Gasteiger partial charge in [-0.05, 0) is 36.2 Å². The maximum absolute atomic E-state index is 12.1. The molecule has 0 aliphatic carbocycles. The van der Waals surface area contributed by atoms with Crippen molar-refractivity contribution in [3.63, 3.8) is 0 Å². The van der Waals surface area contributed by atoms with Gasteiger partial charge < -0.3 is 4.74 Å². The summed E-state index contributed by atoms with van der Waals surface area (Å²) in [6.07, 6.45) is 11.9. The standard InChI is InChI=1S/C24H32N2O2/c1-2-3-4-5-6-7-8-12-19-28-23-17-15-22(16-18-23)24(27)26-25-20-21-13-10-9-11-14-21/h9-11,13-18,20H,2-8,12,19H2,1H3,(H,26,27). The van der Waals surface area contributed by atoms with Gasteiger partial charge in [0.1, 0.15) is 5.75 Å². The zero-order valence-corrected chi connectivity index (χ0v) is 16.9. The van der Waals surface area contributed by atoms with Gasteiger partial charge in [0.15, 0.2) is 0 Å². The molecule has 2 aromatic rings. The van der Waals surface area contributed by atoms with Crippen molar-refractivity contribution in [3.8, 4) is 5.75 Å². The maximum atomic E-state index is 12.1. The third kappa shape index (κ3) is 8.85. The Bertz CT molecular complexity index is 696. The Kier molecular flexibility index (Phi) is 10.5. The lowest BCUT2D eigenvalue weighted by Gasteiger charge is -2.07. The van der Waals surface area contributed by atoms with Gasteiger partial charge >= 0.3 is 0 Å². The second-order valence-electron chi connectivity index (χ2n) is 6.96. The monoisotopic (exact) mass is 380 g/mol. The number of carbonyl (C=O) groups excluding carboxylic acids is 1. The molecular formula is C24H32N2O2. The molecule has 0 aliphatic heterocycles. The molecule has 0 fully saturated rings. The molecule has 0 saturated carbocycles. The van der Waals surface area contributed by atoms with E-state index in [9.17, 15) is 4.79 Å². The molecule has 0 radical (unpaired) electrons. The highest BCUT2D eigenvalue weighted by Gasteiger charge is 2.04. The Morgan fingerprint density at radius 1 is 0.893 bits per heavy atom. The molecule has 150 valence electrons. The van der Waals surface area contributed by atoms with E-state index in [1.54, 1.807) is 18.3 Å². The largest absolute Gasteiger partial charge is 0.494 e. The highest BCUT2D eigenvalue weighted by Crippen LogP contribution is 2.14. The third-order valence-corrected chi connectivity index (χ3v) is 4.56. The lowest BCUT2D eigenvalue weighted by atomic mass is 10.1. The Balaban J connectivity index is 1.61. The van der Waals surface area contributed by atoms with E-state index in [0.29, 0.717) is 5.56 Å². The van der Waals surface area contributed by atoms with E-state index in [2.05, 4.69) is 17.5 Å². The fraction of sp³-hybridized carbons (Fsp3) is 0.417. The van der Waals surface area contributed by atoms with Crippen LogP contribution in [0.25, 0.3) is 0 Å². The summed E-state index contributed by atoms with van der Waals surface area (Å²) >= 11 is 0. The predicted octanol–water partition coefficient (Wildman–Crippen LogP) is 5.97. The number of hydrogen-bond donors (Lipinski definition) is 1. The van der Waals surface area contributed by atoms with Gasteiger partial charge in [0.2, 0.25) is 0 Å². The normalized spacial score (nSPS) is 10.9. The lowest BCUT2D eigenvalue weighted by molar-refractivity contribution is 0.0955. The Labute approximate surface area is 169 Å². The summed E-state index contributed by atoms with van der Waals surface area (Å²) in [5.74, 6) is 0.564. The molecule has 2 rings (SSSR count). The average Bonchev–Trinajstić information content (AvgIpc) is 2.74. The molecule has 0 saturated heterocycles. The molecule has 0 atom stereocenters. The van der Waals surface area contributed by atoms with E-state index in [1.807, 2.05) is 42.5 Å². The molecule has 2 aromatic carbocycles. The average molecular weight is 381 g/mol. The van der Waals surface area contributed by atoms with Crippen LogP contribution in [0.3, 0.4) is 0 Å². The number of carbonyl (C=O) groups is 1. The summed E-state index contributed by atoms with van der Waals surface area (Å²) in [6, 6.07) is 16.8. The van der Waals surface area contributed by atoms with Gasteiger partial charge in [0.25, 0.3) is 5.91 Å². The van der Waals surface area contributed by atoms with Crippen molar-refractivity contribution in [2.45, 2.75) is 58.3 Å². The quantitative estimate of drug-likeness (QED) is 0.264. The van der Waals surface area contributed by atoms with Crippen molar-refractivity contribution in [3.05, 3.63) is 65.7 Å².